The summed E-state index contributed by atoms with van der Waals surface area (Å²) in [6, 6.07) is 9.95. The van der Waals surface area contributed by atoms with Gasteiger partial charge in [0.15, 0.2) is 20.4 Å². The Bertz CT molecular complexity index is 686. The minimum atomic E-state index is -2.05. The minimum absolute atomic E-state index is 0.0491. The van der Waals surface area contributed by atoms with Crippen LogP contribution >= 0.6 is 0 Å². The molecular weight excluding hydrogens is 388 g/mol. The fraction of sp³-hybridized carbons (Fsp3) is 0.727. The van der Waals surface area contributed by atoms with Crippen molar-refractivity contribution in [3.63, 3.8) is 0 Å². The van der Waals surface area contributed by atoms with E-state index in [1.54, 1.807) is 0 Å². The molecule has 0 saturated carbocycles. The lowest BCUT2D eigenvalue weighted by atomic mass is 9.97. The number of fused-ring (bicyclic) bond motifs is 1. The number of hydrogen-bond donors (Lipinski definition) is 1. The smallest absolute Gasteiger partial charge is 0.192 e. The van der Waals surface area contributed by atoms with E-state index in [1.807, 2.05) is 44.2 Å². The molecule has 164 valence electrons. The lowest BCUT2D eigenvalue weighted by molar-refractivity contribution is -0.257. The first-order chi connectivity index (χ1) is 13.4. The zero-order chi connectivity index (χ0) is 21.5. The molecule has 1 aromatic rings. The van der Waals surface area contributed by atoms with Gasteiger partial charge in [0.05, 0.1) is 19.8 Å². The van der Waals surface area contributed by atoms with Crippen molar-refractivity contribution in [1.29, 1.82) is 0 Å². The first-order valence-corrected chi connectivity index (χ1v) is 13.2. The quantitative estimate of drug-likeness (QED) is 0.671. The average Bonchev–Trinajstić information content (AvgIpc) is 3.07. The molecule has 0 spiro atoms. The zero-order valence-electron chi connectivity index (χ0n) is 18.7. The molecule has 2 aliphatic heterocycles. The monoisotopic (exact) mass is 424 g/mol. The van der Waals surface area contributed by atoms with E-state index in [0.717, 1.165) is 5.56 Å². The van der Waals surface area contributed by atoms with E-state index in [2.05, 4.69) is 33.9 Å². The maximum absolute atomic E-state index is 10.4. The fourth-order valence-electron chi connectivity index (χ4n) is 3.47. The molecule has 2 aliphatic rings. The van der Waals surface area contributed by atoms with Crippen LogP contribution in [0.2, 0.25) is 18.1 Å². The van der Waals surface area contributed by atoms with Gasteiger partial charge in [0.2, 0.25) is 0 Å². The van der Waals surface area contributed by atoms with Gasteiger partial charge in [-0.15, -0.1) is 0 Å². The molecule has 1 N–H and O–H groups in total. The van der Waals surface area contributed by atoms with Crippen LogP contribution in [-0.2, 0) is 30.0 Å². The second-order valence-electron chi connectivity index (χ2n) is 10.1. The van der Waals surface area contributed by atoms with E-state index in [9.17, 15) is 5.11 Å². The van der Waals surface area contributed by atoms with Gasteiger partial charge in [-0.3, -0.25) is 0 Å². The molecular formula is C22H36O6Si. The van der Waals surface area contributed by atoms with Crippen LogP contribution in [0.4, 0.5) is 0 Å². The van der Waals surface area contributed by atoms with Crippen LogP contribution in [0.15, 0.2) is 30.3 Å². The van der Waals surface area contributed by atoms with Crippen molar-refractivity contribution in [3.8, 4) is 0 Å². The highest BCUT2D eigenvalue weighted by Crippen LogP contribution is 2.45. The van der Waals surface area contributed by atoms with E-state index < -0.39 is 38.2 Å². The van der Waals surface area contributed by atoms with Crippen molar-refractivity contribution in [3.05, 3.63) is 35.9 Å². The number of aliphatic hydroxyl groups excluding tert-OH is 1. The summed E-state index contributed by atoms with van der Waals surface area (Å²) >= 11 is 0. The average molecular weight is 425 g/mol. The Morgan fingerprint density at radius 3 is 2.31 bits per heavy atom. The standard InChI is InChI=1S/C22H36O6Si/c1-20(2,3)29(6,7)25-15-22(14-23)18(24-13-16-11-9-8-10-12-16)17-19(28-22)27-21(4,5)26-17/h8-12,17-19,23H,13-15H2,1-7H3/t17-,18-,19+,22+/m1/s1. The van der Waals surface area contributed by atoms with Crippen LogP contribution in [0.3, 0.4) is 0 Å². The van der Waals surface area contributed by atoms with Gasteiger partial charge in [0.1, 0.15) is 17.8 Å². The van der Waals surface area contributed by atoms with Crippen LogP contribution in [0.25, 0.3) is 0 Å². The highest BCUT2D eigenvalue weighted by Gasteiger charge is 2.63. The highest BCUT2D eigenvalue weighted by atomic mass is 28.4. The van der Waals surface area contributed by atoms with Crippen molar-refractivity contribution in [2.45, 2.75) is 89.2 Å². The van der Waals surface area contributed by atoms with Crippen LogP contribution < -0.4 is 0 Å². The second kappa shape index (κ2) is 8.03. The summed E-state index contributed by atoms with van der Waals surface area (Å²) in [5.41, 5.74) is 0.0159. The first kappa shape index (κ1) is 22.9. The third kappa shape index (κ3) is 4.77. The summed E-state index contributed by atoms with van der Waals surface area (Å²) in [5, 5.41) is 10.4. The Kier molecular flexibility index (Phi) is 6.34. The van der Waals surface area contributed by atoms with E-state index in [1.165, 1.54) is 0 Å². The lowest BCUT2D eigenvalue weighted by Gasteiger charge is -2.41. The molecule has 0 amide bonds. The summed E-state index contributed by atoms with van der Waals surface area (Å²) in [6.45, 7) is 15.0. The first-order valence-electron chi connectivity index (χ1n) is 10.3. The van der Waals surface area contributed by atoms with Crippen molar-refractivity contribution >= 4 is 8.32 Å². The van der Waals surface area contributed by atoms with Crippen molar-refractivity contribution < 1.29 is 28.5 Å². The normalized spacial score (nSPS) is 31.8. The second-order valence-corrected chi connectivity index (χ2v) is 14.9. The van der Waals surface area contributed by atoms with Crippen molar-refractivity contribution in [1.82, 2.24) is 0 Å². The maximum Gasteiger partial charge on any atom is 0.192 e. The summed E-state index contributed by atoms with van der Waals surface area (Å²) in [4.78, 5) is 0. The largest absolute Gasteiger partial charge is 0.414 e. The number of benzene rings is 1. The molecule has 29 heavy (non-hydrogen) atoms. The molecule has 0 aliphatic carbocycles. The van der Waals surface area contributed by atoms with Gasteiger partial charge in [0.25, 0.3) is 0 Å². The Hall–Kier alpha value is -0.803. The highest BCUT2D eigenvalue weighted by molar-refractivity contribution is 6.74. The summed E-state index contributed by atoms with van der Waals surface area (Å²) in [5.74, 6) is -0.758. The lowest BCUT2D eigenvalue weighted by Crippen LogP contribution is -2.55. The maximum atomic E-state index is 10.4. The molecule has 2 saturated heterocycles. The van der Waals surface area contributed by atoms with Gasteiger partial charge in [-0.25, -0.2) is 0 Å². The number of ether oxygens (including phenoxy) is 4. The van der Waals surface area contributed by atoms with Gasteiger partial charge in [-0.05, 0) is 37.5 Å². The predicted molar refractivity (Wildman–Crippen MR) is 113 cm³/mol. The van der Waals surface area contributed by atoms with E-state index >= 15 is 0 Å². The molecule has 3 rings (SSSR count). The molecule has 0 radical (unpaired) electrons. The summed E-state index contributed by atoms with van der Waals surface area (Å²) < 4.78 is 31.0. The molecule has 0 bridgehead atoms. The predicted octanol–water partition coefficient (Wildman–Crippen LogP) is 3.83. The molecule has 0 aromatic heterocycles. The number of aliphatic hydroxyl groups is 1. The van der Waals surface area contributed by atoms with E-state index in [0.29, 0.717) is 6.61 Å². The molecule has 7 heteroatoms. The van der Waals surface area contributed by atoms with Crippen LogP contribution in [0, 0.1) is 0 Å². The van der Waals surface area contributed by atoms with Crippen LogP contribution in [-0.4, -0.2) is 56.5 Å². The molecule has 6 nitrogen and oxygen atoms in total. The van der Waals surface area contributed by atoms with Crippen molar-refractivity contribution in [2.24, 2.45) is 0 Å². The minimum Gasteiger partial charge on any atom is -0.414 e. The summed E-state index contributed by atoms with van der Waals surface area (Å²) in [7, 11) is -2.05. The van der Waals surface area contributed by atoms with Gasteiger partial charge in [0, 0.05) is 0 Å². The Morgan fingerprint density at radius 1 is 1.07 bits per heavy atom. The number of hydrogen-bond acceptors (Lipinski definition) is 6. The molecule has 4 atom stereocenters. The third-order valence-electron chi connectivity index (χ3n) is 6.28. The fourth-order valence-corrected chi connectivity index (χ4v) is 4.50. The SMILES string of the molecule is CC1(C)O[C@H]2O[C@@](CO)(CO[Si](C)(C)C(C)(C)C)[C@H](OCc3ccccc3)[C@H]2O1. The Balaban J connectivity index is 1.81. The van der Waals surface area contributed by atoms with Crippen LogP contribution in [0.5, 0.6) is 0 Å². The van der Waals surface area contributed by atoms with Crippen LogP contribution in [0.1, 0.15) is 40.2 Å². The molecule has 0 unspecified atom stereocenters. The molecule has 2 heterocycles. The van der Waals surface area contributed by atoms with E-state index in [-0.39, 0.29) is 18.3 Å². The zero-order valence-corrected chi connectivity index (χ0v) is 19.7. The van der Waals surface area contributed by atoms with Gasteiger partial charge < -0.3 is 28.5 Å². The van der Waals surface area contributed by atoms with Gasteiger partial charge in [-0.1, -0.05) is 51.1 Å². The Morgan fingerprint density at radius 2 is 1.72 bits per heavy atom. The molecule has 1 aromatic carbocycles. The van der Waals surface area contributed by atoms with Gasteiger partial charge in [-0.2, -0.15) is 0 Å². The topological polar surface area (TPSA) is 66.4 Å². The van der Waals surface area contributed by atoms with E-state index in [4.69, 9.17) is 23.4 Å². The third-order valence-corrected chi connectivity index (χ3v) is 10.8. The Labute approximate surface area is 175 Å². The molecule has 2 fully saturated rings. The number of rotatable bonds is 7. The summed E-state index contributed by atoms with van der Waals surface area (Å²) in [6.07, 6.45) is -1.53. The van der Waals surface area contributed by atoms with Gasteiger partial charge >= 0.3 is 0 Å². The van der Waals surface area contributed by atoms with Crippen molar-refractivity contribution in [2.75, 3.05) is 13.2 Å².